The van der Waals surface area contributed by atoms with Gasteiger partial charge in [-0.2, -0.15) is 9.13 Å². The fraction of sp³-hybridized carbons (Fsp3) is 0.0566. The summed E-state index contributed by atoms with van der Waals surface area (Å²) in [5.74, 6) is 0. The van der Waals surface area contributed by atoms with Gasteiger partial charge in [0.15, 0.2) is 25.5 Å². The molecule has 1 aliphatic rings. The van der Waals surface area contributed by atoms with E-state index in [9.17, 15) is 0 Å². The van der Waals surface area contributed by atoms with Crippen molar-refractivity contribution < 1.29 is 9.13 Å². The number of hydrogen-bond donors (Lipinski definition) is 0. The Hall–Kier alpha value is -7.30. The molecular formula is C53H40N4+2. The second kappa shape index (κ2) is 15.1. The second-order valence-electron chi connectivity index (χ2n) is 14.7. The van der Waals surface area contributed by atoms with Gasteiger partial charge in [-0.25, -0.2) is 0 Å². The number of fused-ring (bicyclic) bond motifs is 3. The molecule has 0 saturated heterocycles. The minimum absolute atomic E-state index is 0.874. The molecule has 1 aliphatic heterocycles. The van der Waals surface area contributed by atoms with E-state index in [1.807, 2.05) is 30.5 Å². The van der Waals surface area contributed by atoms with Crippen LogP contribution < -0.4 is 9.13 Å². The first-order valence-corrected chi connectivity index (χ1v) is 19.6. The summed E-state index contributed by atoms with van der Waals surface area (Å²) in [7, 11) is 0. The van der Waals surface area contributed by atoms with Crippen molar-refractivity contribution in [1.82, 2.24) is 9.97 Å². The number of rotatable bonds is 7. The Morgan fingerprint density at radius 2 is 0.719 bits per heavy atom. The van der Waals surface area contributed by atoms with Crippen LogP contribution in [-0.4, -0.2) is 9.97 Å². The largest absolute Gasteiger partial charge is 0.277 e. The van der Waals surface area contributed by atoms with Crippen molar-refractivity contribution in [2.45, 2.75) is 19.5 Å². The molecule has 57 heavy (non-hydrogen) atoms. The summed E-state index contributed by atoms with van der Waals surface area (Å²) in [6, 6.07) is 65.5. The van der Waals surface area contributed by atoms with Crippen LogP contribution in [0.1, 0.15) is 6.42 Å². The number of benzene rings is 5. The molecule has 0 N–H and O–H groups in total. The van der Waals surface area contributed by atoms with E-state index in [-0.39, 0.29) is 0 Å². The highest BCUT2D eigenvalue weighted by molar-refractivity contribution is 5.77. The quantitative estimate of drug-likeness (QED) is 0.153. The Bertz CT molecular complexity index is 2810. The highest BCUT2D eigenvalue weighted by atomic mass is 15.1. The molecular weight excluding hydrogens is 693 g/mol. The van der Waals surface area contributed by atoms with Gasteiger partial charge in [-0.1, -0.05) is 127 Å². The Labute approximate surface area is 333 Å². The van der Waals surface area contributed by atoms with Gasteiger partial charge in [0.05, 0.1) is 17.8 Å². The lowest BCUT2D eigenvalue weighted by Gasteiger charge is -2.09. The predicted molar refractivity (Wildman–Crippen MR) is 231 cm³/mol. The smallest absolute Gasteiger partial charge is 0.255 e. The number of nitrogens with zero attached hydrogens (tertiary/aromatic N) is 4. The van der Waals surface area contributed by atoms with E-state index in [2.05, 4.69) is 189 Å². The average molecular weight is 733 g/mol. The van der Waals surface area contributed by atoms with Crippen molar-refractivity contribution in [3.63, 3.8) is 0 Å². The number of aryl methyl sites for hydroxylation is 2. The molecule has 0 amide bonds. The second-order valence-corrected chi connectivity index (χ2v) is 14.7. The first-order valence-electron chi connectivity index (χ1n) is 19.6. The third-order valence-corrected chi connectivity index (χ3v) is 11.1. The predicted octanol–water partition coefficient (Wildman–Crippen LogP) is 11.8. The van der Waals surface area contributed by atoms with Crippen molar-refractivity contribution in [2.75, 3.05) is 0 Å². The standard InChI is InChI=1S/C53H40N4/c1-3-30-54-50(6-1)51-36-48(28-31-55-51)46-24-20-44(21-25-46)42-16-12-40(13-17-42)38-8-10-39(11-9-38)41-14-18-43(19-15-41)45-22-26-47(27-23-45)49-29-35-57-34-5-33-56-32-4-2-7-52(56)53(57)37-49/h1-4,6-32,35-37H,5,33-34H2/q+2. The highest BCUT2D eigenvalue weighted by Gasteiger charge is 2.26. The van der Waals surface area contributed by atoms with E-state index in [0.717, 1.165) is 42.0 Å². The lowest BCUT2D eigenvalue weighted by atomic mass is 9.96. The molecule has 4 nitrogen and oxygen atoms in total. The molecule has 0 radical (unpaired) electrons. The Balaban J connectivity index is 0.801. The Morgan fingerprint density at radius 1 is 0.298 bits per heavy atom. The molecule has 9 aromatic rings. The summed E-state index contributed by atoms with van der Waals surface area (Å²) < 4.78 is 4.75. The zero-order valence-electron chi connectivity index (χ0n) is 31.5. The van der Waals surface area contributed by atoms with Crippen molar-refractivity contribution in [3.05, 3.63) is 207 Å². The molecule has 10 rings (SSSR count). The van der Waals surface area contributed by atoms with Gasteiger partial charge < -0.3 is 0 Å². The fourth-order valence-corrected chi connectivity index (χ4v) is 7.98. The SMILES string of the molecule is c1ccc(-c2cc(-c3ccc(-c4ccc(-c5ccc(-c6ccc(-c7ccc(-c8cc[n+]9c(c8)-c8cccc[n+]8CCC9)cc7)cc6)cc5)cc4)cc3)ccn2)nc1. The summed E-state index contributed by atoms with van der Waals surface area (Å²) in [5, 5.41) is 0. The topological polar surface area (TPSA) is 33.5 Å². The average Bonchev–Trinajstić information content (AvgIpc) is 3.49. The van der Waals surface area contributed by atoms with Crippen molar-refractivity contribution in [3.8, 4) is 89.5 Å². The maximum atomic E-state index is 4.53. The van der Waals surface area contributed by atoms with Gasteiger partial charge in [-0.15, -0.1) is 0 Å². The molecule has 0 spiro atoms. The number of aromatic nitrogens is 4. The number of pyridine rings is 4. The van der Waals surface area contributed by atoms with Crippen LogP contribution in [0.25, 0.3) is 89.5 Å². The Kier molecular flexibility index (Phi) is 9.05. The van der Waals surface area contributed by atoms with Crippen LogP contribution in [0, 0.1) is 0 Å². The van der Waals surface area contributed by atoms with Gasteiger partial charge >= 0.3 is 0 Å². The van der Waals surface area contributed by atoms with Crippen molar-refractivity contribution >= 4 is 0 Å². The van der Waals surface area contributed by atoms with Gasteiger partial charge in [0, 0.05) is 36.7 Å². The van der Waals surface area contributed by atoms with Crippen LogP contribution >= 0.6 is 0 Å². The summed E-state index contributed by atoms with van der Waals surface area (Å²) in [6.45, 7) is 2.08. The zero-order chi connectivity index (χ0) is 38.0. The van der Waals surface area contributed by atoms with E-state index in [1.54, 1.807) is 6.20 Å². The lowest BCUT2D eigenvalue weighted by molar-refractivity contribution is -0.687. The molecule has 0 bridgehead atoms. The molecule has 4 aromatic heterocycles. The molecule has 4 heteroatoms. The maximum Gasteiger partial charge on any atom is 0.277 e. The van der Waals surface area contributed by atoms with E-state index in [0.29, 0.717) is 0 Å². The molecule has 0 fully saturated rings. The zero-order valence-corrected chi connectivity index (χ0v) is 31.5. The van der Waals surface area contributed by atoms with Gasteiger partial charge in [-0.3, -0.25) is 9.97 Å². The Morgan fingerprint density at radius 3 is 1.19 bits per heavy atom. The first kappa shape index (κ1) is 34.2. The van der Waals surface area contributed by atoms with Crippen LogP contribution in [-0.2, 0) is 13.1 Å². The summed E-state index contributed by atoms with van der Waals surface area (Å²) in [6.07, 6.45) is 9.22. The molecule has 270 valence electrons. The van der Waals surface area contributed by atoms with E-state index in [4.69, 9.17) is 0 Å². The van der Waals surface area contributed by atoms with E-state index < -0.39 is 0 Å². The van der Waals surface area contributed by atoms with E-state index in [1.165, 1.54) is 67.0 Å². The van der Waals surface area contributed by atoms with Gasteiger partial charge in [0.1, 0.15) is 0 Å². The van der Waals surface area contributed by atoms with Crippen LogP contribution in [0.4, 0.5) is 0 Å². The third kappa shape index (κ3) is 7.05. The maximum absolute atomic E-state index is 4.53. The van der Waals surface area contributed by atoms with Crippen LogP contribution in [0.15, 0.2) is 207 Å². The lowest BCUT2D eigenvalue weighted by Crippen LogP contribution is -2.37. The minimum Gasteiger partial charge on any atom is -0.255 e. The van der Waals surface area contributed by atoms with Gasteiger partial charge in [0.2, 0.25) is 0 Å². The fourth-order valence-electron chi connectivity index (χ4n) is 7.98. The number of hydrogen-bond acceptors (Lipinski definition) is 2. The summed E-state index contributed by atoms with van der Waals surface area (Å²) in [4.78, 5) is 8.98. The van der Waals surface area contributed by atoms with Crippen molar-refractivity contribution in [2.24, 2.45) is 0 Å². The molecule has 5 aromatic carbocycles. The van der Waals surface area contributed by atoms with Gasteiger partial charge in [-0.05, 0) is 97.1 Å². The summed E-state index contributed by atoms with van der Waals surface area (Å²) in [5.41, 5.74) is 18.7. The summed E-state index contributed by atoms with van der Waals surface area (Å²) >= 11 is 0. The monoisotopic (exact) mass is 732 g/mol. The van der Waals surface area contributed by atoms with E-state index >= 15 is 0 Å². The molecule has 0 atom stereocenters. The van der Waals surface area contributed by atoms with Crippen molar-refractivity contribution in [1.29, 1.82) is 0 Å². The van der Waals surface area contributed by atoms with Gasteiger partial charge in [0.25, 0.3) is 11.4 Å². The first-order chi connectivity index (χ1) is 28.2. The molecule has 0 aliphatic carbocycles. The van der Waals surface area contributed by atoms with Crippen LogP contribution in [0.2, 0.25) is 0 Å². The van der Waals surface area contributed by atoms with Crippen LogP contribution in [0.3, 0.4) is 0 Å². The molecule has 5 heterocycles. The molecule has 0 saturated carbocycles. The third-order valence-electron chi connectivity index (χ3n) is 11.1. The highest BCUT2D eigenvalue weighted by Crippen LogP contribution is 2.32. The minimum atomic E-state index is 0.874. The van der Waals surface area contributed by atoms with Crippen LogP contribution in [0.5, 0.6) is 0 Å². The normalized spacial score (nSPS) is 12.0. The molecule has 0 unspecified atom stereocenters.